The third kappa shape index (κ3) is 3.38. The van der Waals surface area contributed by atoms with Gasteiger partial charge in [0.25, 0.3) is 11.6 Å². The van der Waals surface area contributed by atoms with Crippen LogP contribution in [0.2, 0.25) is 0 Å². The van der Waals surface area contributed by atoms with Gasteiger partial charge in [-0.15, -0.1) is 0 Å². The number of ether oxygens (including phenoxy) is 1. The van der Waals surface area contributed by atoms with E-state index in [0.717, 1.165) is 0 Å². The van der Waals surface area contributed by atoms with E-state index in [4.69, 9.17) is 4.74 Å². The lowest BCUT2D eigenvalue weighted by molar-refractivity contribution is -0.297. The summed E-state index contributed by atoms with van der Waals surface area (Å²) in [7, 11) is 1.38. The average molecular weight is 344 g/mol. The minimum atomic E-state index is -5.02. The van der Waals surface area contributed by atoms with E-state index in [1.807, 2.05) is 13.8 Å². The lowest BCUT2D eigenvalue weighted by atomic mass is 9.99. The molecular formula is C16H19F3N2O3. The van der Waals surface area contributed by atoms with Crippen LogP contribution in [0.4, 0.5) is 13.2 Å². The van der Waals surface area contributed by atoms with Gasteiger partial charge >= 0.3 is 6.18 Å². The molecule has 0 spiro atoms. The summed E-state index contributed by atoms with van der Waals surface area (Å²) < 4.78 is 45.1. The second kappa shape index (κ2) is 6.43. The van der Waals surface area contributed by atoms with Crippen molar-refractivity contribution in [1.82, 2.24) is 5.01 Å². The molecule has 24 heavy (non-hydrogen) atoms. The Balaban J connectivity index is 2.41. The second-order valence-electron chi connectivity index (χ2n) is 6.10. The van der Waals surface area contributed by atoms with E-state index in [0.29, 0.717) is 5.75 Å². The van der Waals surface area contributed by atoms with Crippen LogP contribution in [0.1, 0.15) is 37.0 Å². The SMILES string of the molecule is COc1cccc(C(=O)N2N=C(CC(C)C)CC2(O)C(F)(F)F)c1. The molecule has 1 aromatic carbocycles. The minimum Gasteiger partial charge on any atom is -0.497 e. The fourth-order valence-electron chi connectivity index (χ4n) is 2.52. The number of nitrogens with zero attached hydrogens (tertiary/aromatic N) is 2. The molecule has 1 heterocycles. The van der Waals surface area contributed by atoms with Crippen LogP contribution in [0.15, 0.2) is 29.4 Å². The Morgan fingerprint density at radius 2 is 2.12 bits per heavy atom. The first-order valence-electron chi connectivity index (χ1n) is 7.42. The molecule has 1 unspecified atom stereocenters. The van der Waals surface area contributed by atoms with Crippen LogP contribution >= 0.6 is 0 Å². The molecule has 1 N–H and O–H groups in total. The maximum Gasteiger partial charge on any atom is 0.438 e. The standard InChI is InChI=1S/C16H19F3N2O3/c1-10(2)7-12-9-15(23,16(17,18)19)21(20-12)14(22)11-5-4-6-13(8-11)24-3/h4-6,8,10,23H,7,9H2,1-3H3. The topological polar surface area (TPSA) is 62.1 Å². The number of rotatable bonds is 4. The Kier molecular flexibility index (Phi) is 4.89. The Labute approximate surface area is 137 Å². The Morgan fingerprint density at radius 3 is 2.67 bits per heavy atom. The van der Waals surface area contributed by atoms with Gasteiger partial charge in [-0.3, -0.25) is 4.79 Å². The van der Waals surface area contributed by atoms with Crippen LogP contribution in [-0.4, -0.2) is 40.7 Å². The maximum absolute atomic E-state index is 13.4. The van der Waals surface area contributed by atoms with Crippen molar-refractivity contribution in [2.24, 2.45) is 11.0 Å². The zero-order valence-corrected chi connectivity index (χ0v) is 13.6. The monoisotopic (exact) mass is 344 g/mol. The zero-order chi connectivity index (χ0) is 18.1. The number of hydrogen-bond acceptors (Lipinski definition) is 4. The molecule has 1 aliphatic heterocycles. The van der Waals surface area contributed by atoms with Gasteiger partial charge in [0, 0.05) is 17.7 Å². The van der Waals surface area contributed by atoms with Crippen LogP contribution in [0.3, 0.4) is 0 Å². The number of carbonyl (C=O) groups excluding carboxylic acids is 1. The molecule has 0 bridgehead atoms. The third-order valence-electron chi connectivity index (χ3n) is 3.65. The Bertz CT molecular complexity index is 658. The maximum atomic E-state index is 13.4. The fourth-order valence-corrected chi connectivity index (χ4v) is 2.52. The molecule has 1 atom stereocenters. The van der Waals surface area contributed by atoms with E-state index in [-0.39, 0.29) is 28.6 Å². The Hall–Kier alpha value is -2.09. The van der Waals surface area contributed by atoms with Crippen molar-refractivity contribution in [2.45, 2.75) is 38.6 Å². The summed E-state index contributed by atoms with van der Waals surface area (Å²) in [4.78, 5) is 12.5. The molecule has 8 heteroatoms. The molecule has 0 saturated carbocycles. The number of carbonyl (C=O) groups is 1. The first-order chi connectivity index (χ1) is 11.1. The molecule has 0 aliphatic carbocycles. The average Bonchev–Trinajstić information content (AvgIpc) is 2.83. The third-order valence-corrected chi connectivity index (χ3v) is 3.65. The van der Waals surface area contributed by atoms with E-state index < -0.39 is 24.2 Å². The van der Waals surface area contributed by atoms with Crippen molar-refractivity contribution in [3.63, 3.8) is 0 Å². The minimum absolute atomic E-state index is 0.0492. The van der Waals surface area contributed by atoms with Gasteiger partial charge in [0.15, 0.2) is 0 Å². The highest BCUT2D eigenvalue weighted by Gasteiger charge is 2.63. The van der Waals surface area contributed by atoms with Crippen molar-refractivity contribution in [3.8, 4) is 5.75 Å². The van der Waals surface area contributed by atoms with Crippen LogP contribution in [0.5, 0.6) is 5.75 Å². The molecule has 0 aromatic heterocycles. The number of benzene rings is 1. The molecule has 132 valence electrons. The van der Waals surface area contributed by atoms with Crippen molar-refractivity contribution < 1.29 is 27.8 Å². The number of aliphatic hydroxyl groups is 1. The van der Waals surface area contributed by atoms with Gasteiger partial charge in [-0.2, -0.15) is 23.3 Å². The molecular weight excluding hydrogens is 325 g/mol. The van der Waals surface area contributed by atoms with Crippen molar-refractivity contribution >= 4 is 11.6 Å². The van der Waals surface area contributed by atoms with E-state index >= 15 is 0 Å². The number of hydrazone groups is 1. The summed E-state index contributed by atoms with van der Waals surface area (Å²) in [6, 6.07) is 5.68. The van der Waals surface area contributed by atoms with Crippen LogP contribution in [0, 0.1) is 5.92 Å². The first kappa shape index (κ1) is 18.3. The number of methoxy groups -OCH3 is 1. The van der Waals surface area contributed by atoms with Crippen molar-refractivity contribution in [1.29, 1.82) is 0 Å². The second-order valence-corrected chi connectivity index (χ2v) is 6.10. The molecule has 5 nitrogen and oxygen atoms in total. The molecule has 2 rings (SSSR count). The lowest BCUT2D eigenvalue weighted by Crippen LogP contribution is -2.56. The number of hydrogen-bond donors (Lipinski definition) is 1. The number of alkyl halides is 3. The van der Waals surface area contributed by atoms with Gasteiger partial charge < -0.3 is 9.84 Å². The van der Waals surface area contributed by atoms with Crippen LogP contribution in [-0.2, 0) is 0 Å². The summed E-state index contributed by atoms with van der Waals surface area (Å²) in [5.41, 5.74) is -3.25. The van der Waals surface area contributed by atoms with E-state index in [9.17, 15) is 23.1 Å². The smallest absolute Gasteiger partial charge is 0.438 e. The van der Waals surface area contributed by atoms with E-state index in [2.05, 4.69) is 5.10 Å². The highest BCUT2D eigenvalue weighted by molar-refractivity contribution is 5.98. The fraction of sp³-hybridized carbons (Fsp3) is 0.500. The zero-order valence-electron chi connectivity index (χ0n) is 13.6. The summed E-state index contributed by atoms with van der Waals surface area (Å²) in [5, 5.41) is 14.1. The molecule has 1 aromatic rings. The number of halogens is 3. The summed E-state index contributed by atoms with van der Waals surface area (Å²) >= 11 is 0. The van der Waals surface area contributed by atoms with Gasteiger partial charge in [0.05, 0.1) is 7.11 Å². The predicted octanol–water partition coefficient (Wildman–Crippen LogP) is 3.19. The van der Waals surface area contributed by atoms with Crippen LogP contribution < -0.4 is 4.74 Å². The van der Waals surface area contributed by atoms with Gasteiger partial charge in [0.2, 0.25) is 0 Å². The summed E-state index contributed by atoms with van der Waals surface area (Å²) in [5.74, 6) is -0.664. The number of amides is 1. The van der Waals surface area contributed by atoms with Crippen molar-refractivity contribution in [3.05, 3.63) is 29.8 Å². The highest BCUT2D eigenvalue weighted by Crippen LogP contribution is 2.41. The molecule has 1 aliphatic rings. The van der Waals surface area contributed by atoms with Gasteiger partial charge in [-0.05, 0) is 30.5 Å². The van der Waals surface area contributed by atoms with Gasteiger partial charge in [-0.25, -0.2) is 0 Å². The molecule has 0 saturated heterocycles. The molecule has 1 amide bonds. The molecule has 0 radical (unpaired) electrons. The van der Waals surface area contributed by atoms with Crippen LogP contribution in [0.25, 0.3) is 0 Å². The quantitative estimate of drug-likeness (QED) is 0.912. The largest absolute Gasteiger partial charge is 0.497 e. The summed E-state index contributed by atoms with van der Waals surface area (Å²) in [6.45, 7) is 3.64. The Morgan fingerprint density at radius 1 is 1.46 bits per heavy atom. The van der Waals surface area contributed by atoms with Gasteiger partial charge in [-0.1, -0.05) is 19.9 Å². The molecule has 0 fully saturated rings. The summed E-state index contributed by atoms with van der Waals surface area (Å²) in [6.07, 6.45) is -5.51. The normalized spacial score (nSPS) is 21.2. The lowest BCUT2D eigenvalue weighted by Gasteiger charge is -2.32. The first-order valence-corrected chi connectivity index (χ1v) is 7.42. The van der Waals surface area contributed by atoms with E-state index in [1.165, 1.54) is 25.3 Å². The van der Waals surface area contributed by atoms with E-state index in [1.54, 1.807) is 6.07 Å². The predicted molar refractivity (Wildman–Crippen MR) is 81.7 cm³/mol. The van der Waals surface area contributed by atoms with Crippen molar-refractivity contribution in [2.75, 3.05) is 7.11 Å². The van der Waals surface area contributed by atoms with Gasteiger partial charge in [0.1, 0.15) is 5.75 Å². The highest BCUT2D eigenvalue weighted by atomic mass is 19.4.